The molecule has 0 radical (unpaired) electrons. The second kappa shape index (κ2) is 6.67. The maximum absolute atomic E-state index is 12.2. The van der Waals surface area contributed by atoms with Gasteiger partial charge in [-0.1, -0.05) is 12.2 Å². The first kappa shape index (κ1) is 14.7. The van der Waals surface area contributed by atoms with Crippen LogP contribution in [0.25, 0.3) is 0 Å². The van der Waals surface area contributed by atoms with E-state index in [1.165, 1.54) is 0 Å². The Kier molecular flexibility index (Phi) is 4.92. The number of hydrogen-bond acceptors (Lipinski definition) is 4. The van der Waals surface area contributed by atoms with Crippen LogP contribution in [0.15, 0.2) is 24.3 Å². The summed E-state index contributed by atoms with van der Waals surface area (Å²) in [6.45, 7) is 4.15. The number of benzene rings is 1. The van der Waals surface area contributed by atoms with Crippen molar-refractivity contribution in [3.8, 4) is 5.75 Å². The molecular formula is C14H18N2O3S. The third-order valence-corrected chi connectivity index (χ3v) is 3.36. The zero-order valence-electron chi connectivity index (χ0n) is 11.4. The molecule has 1 heterocycles. The van der Waals surface area contributed by atoms with E-state index in [4.69, 9.17) is 27.4 Å². The van der Waals surface area contributed by atoms with Crippen LogP contribution in [0.2, 0.25) is 0 Å². The SMILES string of the molecule is CC(Oc1ccc(C(N)=S)cc1)C(=O)N1CCOCC1. The predicted molar refractivity (Wildman–Crippen MR) is 79.8 cm³/mol. The summed E-state index contributed by atoms with van der Waals surface area (Å²) in [7, 11) is 0. The fourth-order valence-electron chi connectivity index (χ4n) is 1.99. The van der Waals surface area contributed by atoms with E-state index in [2.05, 4.69) is 0 Å². The van der Waals surface area contributed by atoms with Crippen LogP contribution >= 0.6 is 12.2 Å². The number of rotatable bonds is 4. The minimum absolute atomic E-state index is 0.0216. The highest BCUT2D eigenvalue weighted by atomic mass is 32.1. The van der Waals surface area contributed by atoms with E-state index in [-0.39, 0.29) is 5.91 Å². The van der Waals surface area contributed by atoms with Gasteiger partial charge in [-0.3, -0.25) is 4.79 Å². The highest BCUT2D eigenvalue weighted by Crippen LogP contribution is 2.15. The maximum Gasteiger partial charge on any atom is 0.263 e. The van der Waals surface area contributed by atoms with Gasteiger partial charge < -0.3 is 20.1 Å². The summed E-state index contributed by atoms with van der Waals surface area (Å²) < 4.78 is 10.9. The summed E-state index contributed by atoms with van der Waals surface area (Å²) in [4.78, 5) is 14.3. The van der Waals surface area contributed by atoms with Crippen LogP contribution in [0.1, 0.15) is 12.5 Å². The molecule has 1 aliphatic rings. The molecule has 20 heavy (non-hydrogen) atoms. The van der Waals surface area contributed by atoms with Gasteiger partial charge in [-0.25, -0.2) is 0 Å². The van der Waals surface area contributed by atoms with Gasteiger partial charge in [0, 0.05) is 18.7 Å². The Labute approximate surface area is 123 Å². The van der Waals surface area contributed by atoms with Crippen LogP contribution in [0.4, 0.5) is 0 Å². The van der Waals surface area contributed by atoms with Crippen LogP contribution in [0.5, 0.6) is 5.75 Å². The van der Waals surface area contributed by atoms with E-state index >= 15 is 0 Å². The molecule has 1 atom stereocenters. The van der Waals surface area contributed by atoms with Gasteiger partial charge in [0.1, 0.15) is 10.7 Å². The van der Waals surface area contributed by atoms with E-state index in [0.29, 0.717) is 37.0 Å². The molecule has 0 aliphatic carbocycles. The first-order valence-electron chi connectivity index (χ1n) is 6.51. The summed E-state index contributed by atoms with van der Waals surface area (Å²) in [5, 5.41) is 0. The smallest absolute Gasteiger partial charge is 0.263 e. The minimum Gasteiger partial charge on any atom is -0.481 e. The average Bonchev–Trinajstić information content (AvgIpc) is 2.48. The standard InChI is InChI=1S/C14H18N2O3S/c1-10(14(17)16-6-8-18-9-7-16)19-12-4-2-11(3-5-12)13(15)20/h2-5,10H,6-9H2,1H3,(H2,15,20). The molecule has 6 heteroatoms. The molecule has 1 aromatic carbocycles. The molecule has 1 unspecified atom stereocenters. The van der Waals surface area contributed by atoms with Crippen molar-refractivity contribution in [2.45, 2.75) is 13.0 Å². The highest BCUT2D eigenvalue weighted by Gasteiger charge is 2.23. The summed E-state index contributed by atoms with van der Waals surface area (Å²) in [6.07, 6.45) is -0.524. The van der Waals surface area contributed by atoms with Crippen molar-refractivity contribution in [2.24, 2.45) is 5.73 Å². The van der Waals surface area contributed by atoms with Gasteiger partial charge in [0.25, 0.3) is 5.91 Å². The number of thiocarbonyl (C=S) groups is 1. The van der Waals surface area contributed by atoms with E-state index < -0.39 is 6.10 Å². The monoisotopic (exact) mass is 294 g/mol. The topological polar surface area (TPSA) is 64.8 Å². The van der Waals surface area contributed by atoms with Crippen LogP contribution in [0, 0.1) is 0 Å². The van der Waals surface area contributed by atoms with E-state index in [0.717, 1.165) is 5.56 Å². The third-order valence-electron chi connectivity index (χ3n) is 3.12. The molecule has 1 amide bonds. The van der Waals surface area contributed by atoms with Crippen molar-refractivity contribution >= 4 is 23.1 Å². The summed E-state index contributed by atoms with van der Waals surface area (Å²) >= 11 is 4.88. The lowest BCUT2D eigenvalue weighted by Gasteiger charge is -2.29. The van der Waals surface area contributed by atoms with Gasteiger partial charge in [0.05, 0.1) is 13.2 Å². The van der Waals surface area contributed by atoms with Gasteiger partial charge in [0.2, 0.25) is 0 Å². The second-order valence-corrected chi connectivity index (χ2v) is 5.03. The van der Waals surface area contributed by atoms with E-state index in [1.54, 1.807) is 36.1 Å². The van der Waals surface area contributed by atoms with Gasteiger partial charge in [-0.05, 0) is 31.2 Å². The molecule has 0 aromatic heterocycles. The van der Waals surface area contributed by atoms with Crippen LogP contribution in [-0.2, 0) is 9.53 Å². The van der Waals surface area contributed by atoms with Crippen LogP contribution in [-0.4, -0.2) is 48.2 Å². The number of ether oxygens (including phenoxy) is 2. The number of morpholine rings is 1. The average molecular weight is 294 g/mol. The molecule has 1 aromatic rings. The lowest BCUT2D eigenvalue weighted by molar-refractivity contribution is -0.142. The highest BCUT2D eigenvalue weighted by molar-refractivity contribution is 7.80. The lowest BCUT2D eigenvalue weighted by atomic mass is 10.2. The number of carbonyl (C=O) groups excluding carboxylic acids is 1. The number of hydrogen-bond donors (Lipinski definition) is 1. The summed E-state index contributed by atoms with van der Waals surface area (Å²) in [5.74, 6) is 0.603. The van der Waals surface area contributed by atoms with Crippen molar-refractivity contribution in [3.05, 3.63) is 29.8 Å². The third kappa shape index (κ3) is 3.68. The molecule has 1 aliphatic heterocycles. The lowest BCUT2D eigenvalue weighted by Crippen LogP contribution is -2.46. The Morgan fingerprint density at radius 1 is 1.35 bits per heavy atom. The quantitative estimate of drug-likeness (QED) is 0.838. The summed E-state index contributed by atoms with van der Waals surface area (Å²) in [5.41, 5.74) is 6.31. The molecular weight excluding hydrogens is 276 g/mol. The Morgan fingerprint density at radius 3 is 2.50 bits per heavy atom. The van der Waals surface area contributed by atoms with E-state index in [1.807, 2.05) is 0 Å². The van der Waals surface area contributed by atoms with Crippen molar-refractivity contribution in [2.75, 3.05) is 26.3 Å². The Bertz CT molecular complexity index is 484. The molecule has 108 valence electrons. The van der Waals surface area contributed by atoms with Crippen molar-refractivity contribution in [1.29, 1.82) is 0 Å². The van der Waals surface area contributed by atoms with E-state index in [9.17, 15) is 4.79 Å². The molecule has 2 rings (SSSR count). The normalized spacial score (nSPS) is 16.6. The number of nitrogens with zero attached hydrogens (tertiary/aromatic N) is 1. The molecule has 5 nitrogen and oxygen atoms in total. The zero-order chi connectivity index (χ0) is 14.5. The number of carbonyl (C=O) groups is 1. The molecule has 2 N–H and O–H groups in total. The van der Waals surface area contributed by atoms with Gasteiger partial charge in [-0.15, -0.1) is 0 Å². The van der Waals surface area contributed by atoms with Crippen molar-refractivity contribution < 1.29 is 14.3 Å². The first-order valence-corrected chi connectivity index (χ1v) is 6.92. The largest absolute Gasteiger partial charge is 0.481 e. The van der Waals surface area contributed by atoms with Crippen LogP contribution < -0.4 is 10.5 Å². The Hall–Kier alpha value is -1.66. The second-order valence-electron chi connectivity index (χ2n) is 4.59. The fraction of sp³-hybridized carbons (Fsp3) is 0.429. The maximum atomic E-state index is 12.2. The fourth-order valence-corrected chi connectivity index (χ4v) is 2.13. The van der Waals surface area contributed by atoms with Gasteiger partial charge >= 0.3 is 0 Å². The molecule has 0 saturated carbocycles. The summed E-state index contributed by atoms with van der Waals surface area (Å²) in [6, 6.07) is 7.09. The predicted octanol–water partition coefficient (Wildman–Crippen LogP) is 0.947. The van der Waals surface area contributed by atoms with Gasteiger partial charge in [-0.2, -0.15) is 0 Å². The number of nitrogens with two attached hydrogens (primary N) is 1. The van der Waals surface area contributed by atoms with Gasteiger partial charge in [0.15, 0.2) is 6.10 Å². The molecule has 1 saturated heterocycles. The van der Waals surface area contributed by atoms with Crippen LogP contribution in [0.3, 0.4) is 0 Å². The zero-order valence-corrected chi connectivity index (χ0v) is 12.2. The van der Waals surface area contributed by atoms with Crippen molar-refractivity contribution in [3.63, 3.8) is 0 Å². The molecule has 1 fully saturated rings. The Morgan fingerprint density at radius 2 is 1.95 bits per heavy atom. The number of amides is 1. The minimum atomic E-state index is -0.524. The van der Waals surface area contributed by atoms with Crippen molar-refractivity contribution in [1.82, 2.24) is 4.90 Å². The molecule has 0 bridgehead atoms. The molecule has 0 spiro atoms. The first-order chi connectivity index (χ1) is 9.58. The Balaban J connectivity index is 1.94.